The maximum atomic E-state index is 13.0. The molecule has 1 aromatic rings. The van der Waals surface area contributed by atoms with Crippen LogP contribution in [0.5, 0.6) is 0 Å². The predicted molar refractivity (Wildman–Crippen MR) is 120 cm³/mol. The molecule has 0 aliphatic carbocycles. The lowest BCUT2D eigenvalue weighted by molar-refractivity contribution is -0.135. The summed E-state index contributed by atoms with van der Waals surface area (Å²) in [5.74, 6) is 0.795. The summed E-state index contributed by atoms with van der Waals surface area (Å²) in [6, 6.07) is 7.65. The smallest absolute Gasteiger partial charge is 0.260 e. The third-order valence-electron chi connectivity index (χ3n) is 5.36. The molecule has 0 spiro atoms. The van der Waals surface area contributed by atoms with Gasteiger partial charge in [-0.15, -0.1) is 0 Å². The van der Waals surface area contributed by atoms with Crippen molar-refractivity contribution in [1.29, 1.82) is 0 Å². The van der Waals surface area contributed by atoms with E-state index in [-0.39, 0.29) is 18.4 Å². The minimum Gasteiger partial charge on any atom is -0.491 e. The topological polar surface area (TPSA) is 88.2 Å². The molecule has 8 heteroatoms. The number of carbonyl (C=O) groups excluding carboxylic acids is 2. The van der Waals surface area contributed by atoms with E-state index >= 15 is 0 Å². The molecule has 1 saturated heterocycles. The van der Waals surface area contributed by atoms with Gasteiger partial charge in [-0.3, -0.25) is 14.6 Å². The van der Waals surface area contributed by atoms with Crippen molar-refractivity contribution in [3.63, 3.8) is 0 Å². The Morgan fingerprint density at radius 1 is 1.30 bits per heavy atom. The average molecular weight is 429 g/mol. The van der Waals surface area contributed by atoms with Crippen LogP contribution >= 0.6 is 11.8 Å². The Labute approximate surface area is 181 Å². The zero-order valence-corrected chi connectivity index (χ0v) is 18.1. The van der Waals surface area contributed by atoms with Gasteiger partial charge in [0.1, 0.15) is 0 Å². The highest BCUT2D eigenvalue weighted by atomic mass is 32.2. The number of nitrogens with two attached hydrogens (primary N) is 1. The van der Waals surface area contributed by atoms with Gasteiger partial charge in [0, 0.05) is 37.5 Å². The summed E-state index contributed by atoms with van der Waals surface area (Å²) in [7, 11) is 0. The van der Waals surface area contributed by atoms with Crippen molar-refractivity contribution in [2.75, 3.05) is 38.5 Å². The molecule has 2 amide bonds. The second-order valence-electron chi connectivity index (χ2n) is 7.45. The van der Waals surface area contributed by atoms with E-state index in [1.165, 1.54) is 6.26 Å². The first-order valence-corrected chi connectivity index (χ1v) is 11.0. The van der Waals surface area contributed by atoms with Gasteiger partial charge in [-0.05, 0) is 37.1 Å². The molecule has 2 aliphatic heterocycles. The first-order valence-electron chi connectivity index (χ1n) is 9.98. The standard InChI is InChI=1S/C22H28N4O3S/c1-3-4-13-29-16-19(27)25-9-11-26(12-10-25)20(28)17-6-5-7-18(15-17)22(2)8-14-30-21(23)24-22/h3-7,13,15H,1,8-12,14,16H2,2H3,(H2,23,24)/b13-4-. The lowest BCUT2D eigenvalue weighted by Gasteiger charge is -2.35. The van der Waals surface area contributed by atoms with Crippen LogP contribution in [-0.4, -0.2) is 65.3 Å². The number of allylic oxidation sites excluding steroid dienone is 2. The quantitative estimate of drug-likeness (QED) is 0.555. The highest BCUT2D eigenvalue weighted by molar-refractivity contribution is 8.13. The van der Waals surface area contributed by atoms with Crippen LogP contribution in [0.2, 0.25) is 0 Å². The number of nitrogens with zero attached hydrogens (tertiary/aromatic N) is 3. The molecule has 0 saturated carbocycles. The second-order valence-corrected chi connectivity index (χ2v) is 8.57. The minimum absolute atomic E-state index is 0.0130. The van der Waals surface area contributed by atoms with Crippen molar-refractivity contribution in [2.24, 2.45) is 10.7 Å². The SMILES string of the molecule is C=C/C=C\OCC(=O)N1CCN(C(=O)c2cccc(C3(C)CCSC(N)=N3)c2)CC1. The number of benzene rings is 1. The highest BCUT2D eigenvalue weighted by Gasteiger charge is 2.31. The van der Waals surface area contributed by atoms with E-state index in [9.17, 15) is 9.59 Å². The van der Waals surface area contributed by atoms with E-state index in [1.807, 2.05) is 24.3 Å². The van der Waals surface area contributed by atoms with Gasteiger partial charge in [0.2, 0.25) is 0 Å². The normalized spacial score (nSPS) is 22.0. The van der Waals surface area contributed by atoms with Gasteiger partial charge in [0.25, 0.3) is 11.8 Å². The van der Waals surface area contributed by atoms with Gasteiger partial charge in [-0.25, -0.2) is 0 Å². The molecule has 1 aromatic carbocycles. The number of aliphatic imine (C=N–C) groups is 1. The van der Waals surface area contributed by atoms with E-state index in [1.54, 1.807) is 33.7 Å². The molecular formula is C22H28N4O3S. The maximum absolute atomic E-state index is 13.0. The number of thioether (sulfide) groups is 1. The summed E-state index contributed by atoms with van der Waals surface area (Å²) in [5.41, 5.74) is 7.16. The summed E-state index contributed by atoms with van der Waals surface area (Å²) < 4.78 is 5.18. The largest absolute Gasteiger partial charge is 0.491 e. The zero-order valence-electron chi connectivity index (χ0n) is 17.3. The van der Waals surface area contributed by atoms with Crippen LogP contribution in [-0.2, 0) is 15.1 Å². The Kier molecular flexibility index (Phi) is 7.20. The first kappa shape index (κ1) is 22.0. The Balaban J connectivity index is 1.60. The molecule has 1 unspecified atom stereocenters. The maximum Gasteiger partial charge on any atom is 0.260 e. The van der Waals surface area contributed by atoms with Gasteiger partial charge in [-0.1, -0.05) is 36.5 Å². The summed E-state index contributed by atoms with van der Waals surface area (Å²) in [6.45, 7) is 7.57. The van der Waals surface area contributed by atoms with Gasteiger partial charge >= 0.3 is 0 Å². The van der Waals surface area contributed by atoms with Crippen LogP contribution in [0.4, 0.5) is 0 Å². The van der Waals surface area contributed by atoms with Crippen molar-refractivity contribution in [2.45, 2.75) is 18.9 Å². The number of amides is 2. The molecule has 2 N–H and O–H groups in total. The highest BCUT2D eigenvalue weighted by Crippen LogP contribution is 2.35. The Morgan fingerprint density at radius 2 is 2.03 bits per heavy atom. The summed E-state index contributed by atoms with van der Waals surface area (Å²) in [6.07, 6.45) is 5.53. The van der Waals surface area contributed by atoms with E-state index in [4.69, 9.17) is 10.5 Å². The first-order chi connectivity index (χ1) is 14.4. The fourth-order valence-corrected chi connectivity index (χ4v) is 4.52. The van der Waals surface area contributed by atoms with Crippen LogP contribution in [0.25, 0.3) is 0 Å². The molecule has 1 atom stereocenters. The molecule has 0 bridgehead atoms. The number of hydrogen-bond donors (Lipinski definition) is 1. The Bertz CT molecular complexity index is 862. The third kappa shape index (κ3) is 5.24. The predicted octanol–water partition coefficient (Wildman–Crippen LogP) is 2.35. The van der Waals surface area contributed by atoms with Gasteiger partial charge in [-0.2, -0.15) is 0 Å². The number of rotatable bonds is 6. The molecular weight excluding hydrogens is 400 g/mol. The van der Waals surface area contributed by atoms with E-state index in [0.717, 1.165) is 17.7 Å². The molecule has 2 aliphatic rings. The van der Waals surface area contributed by atoms with Crippen LogP contribution in [0.15, 0.2) is 54.3 Å². The second kappa shape index (κ2) is 9.84. The lowest BCUT2D eigenvalue weighted by Crippen LogP contribution is -2.51. The van der Waals surface area contributed by atoms with Gasteiger partial charge < -0.3 is 20.3 Å². The summed E-state index contributed by atoms with van der Waals surface area (Å²) in [4.78, 5) is 33.4. The molecule has 0 aromatic heterocycles. The van der Waals surface area contributed by atoms with Crippen molar-refractivity contribution in [3.05, 3.63) is 60.4 Å². The van der Waals surface area contributed by atoms with Crippen molar-refractivity contribution in [3.8, 4) is 0 Å². The van der Waals surface area contributed by atoms with Gasteiger partial charge in [0.05, 0.1) is 11.8 Å². The van der Waals surface area contributed by atoms with Crippen molar-refractivity contribution >= 4 is 28.7 Å². The number of ether oxygens (including phenoxy) is 1. The number of amidine groups is 1. The number of piperazine rings is 1. The average Bonchev–Trinajstić information content (AvgIpc) is 2.76. The molecule has 160 valence electrons. The Morgan fingerprint density at radius 3 is 2.73 bits per heavy atom. The van der Waals surface area contributed by atoms with E-state index in [0.29, 0.717) is 36.9 Å². The molecule has 30 heavy (non-hydrogen) atoms. The Hall–Kier alpha value is -2.74. The third-order valence-corrected chi connectivity index (χ3v) is 6.16. The van der Waals surface area contributed by atoms with Crippen LogP contribution in [0.3, 0.4) is 0 Å². The monoisotopic (exact) mass is 428 g/mol. The fourth-order valence-electron chi connectivity index (χ4n) is 3.55. The van der Waals surface area contributed by atoms with Crippen LogP contribution in [0.1, 0.15) is 29.3 Å². The fraction of sp³-hybridized carbons (Fsp3) is 0.409. The van der Waals surface area contributed by atoms with Gasteiger partial charge in [0.15, 0.2) is 11.8 Å². The van der Waals surface area contributed by atoms with Crippen LogP contribution < -0.4 is 5.73 Å². The van der Waals surface area contributed by atoms with Crippen molar-refractivity contribution < 1.29 is 14.3 Å². The summed E-state index contributed by atoms with van der Waals surface area (Å²) in [5, 5.41) is 0.588. The van der Waals surface area contributed by atoms with E-state index < -0.39 is 5.54 Å². The van der Waals surface area contributed by atoms with Crippen molar-refractivity contribution in [1.82, 2.24) is 9.80 Å². The van der Waals surface area contributed by atoms with E-state index in [2.05, 4.69) is 18.5 Å². The molecule has 7 nitrogen and oxygen atoms in total. The number of carbonyl (C=O) groups is 2. The number of hydrogen-bond acceptors (Lipinski definition) is 6. The minimum atomic E-state index is -0.406. The molecule has 1 fully saturated rings. The zero-order chi connectivity index (χ0) is 21.6. The van der Waals surface area contributed by atoms with Crippen LogP contribution in [0, 0.1) is 0 Å². The molecule has 2 heterocycles. The lowest BCUT2D eigenvalue weighted by atomic mass is 9.88. The summed E-state index contributed by atoms with van der Waals surface area (Å²) >= 11 is 1.56. The molecule has 0 radical (unpaired) electrons. The molecule has 3 rings (SSSR count).